The van der Waals surface area contributed by atoms with Gasteiger partial charge in [-0.2, -0.15) is 0 Å². The van der Waals surface area contributed by atoms with Gasteiger partial charge < -0.3 is 10.2 Å². The van der Waals surface area contributed by atoms with Crippen LogP contribution in [0.1, 0.15) is 6.92 Å². The topological polar surface area (TPSA) is 131 Å². The quantitative estimate of drug-likeness (QED) is 0.574. The lowest BCUT2D eigenvalue weighted by molar-refractivity contribution is -0.140. The van der Waals surface area contributed by atoms with Gasteiger partial charge in [-0.05, 0) is 6.92 Å². The monoisotopic (exact) mass is 330 g/mol. The second kappa shape index (κ2) is 9.28. The normalized spacial score (nSPS) is 21.9. The Morgan fingerprint density at radius 1 is 0.957 bits per heavy atom. The van der Waals surface area contributed by atoms with Crippen LogP contribution in [0.25, 0.3) is 0 Å². The van der Waals surface area contributed by atoms with Crippen LogP contribution >= 0.6 is 0 Å². The first-order valence-corrected chi connectivity index (χ1v) is 7.30. The minimum Gasteiger partial charge on any atom is -0.480 e. The van der Waals surface area contributed by atoms with Crippen LogP contribution in [0.5, 0.6) is 0 Å². The molecule has 1 heterocycles. The van der Waals surface area contributed by atoms with Crippen molar-refractivity contribution in [3.05, 3.63) is 4.91 Å². The number of carbonyl (C=O) groups is 3. The van der Waals surface area contributed by atoms with Gasteiger partial charge in [-0.15, -0.1) is 4.91 Å². The van der Waals surface area contributed by atoms with Gasteiger partial charge in [-0.3, -0.25) is 29.1 Å². The lowest BCUT2D eigenvalue weighted by Crippen LogP contribution is -2.46. The van der Waals surface area contributed by atoms with E-state index in [-0.39, 0.29) is 25.7 Å². The summed E-state index contributed by atoms with van der Waals surface area (Å²) in [5.74, 6) is -2.75. The number of rotatable bonds is 6. The fraction of sp³-hybridized carbons (Fsp3) is 0.769. The lowest BCUT2D eigenvalue weighted by Gasteiger charge is -2.30. The van der Waals surface area contributed by atoms with E-state index in [1.165, 1.54) is 0 Å². The summed E-state index contributed by atoms with van der Waals surface area (Å²) < 4.78 is 0. The van der Waals surface area contributed by atoms with Crippen molar-refractivity contribution >= 4 is 17.8 Å². The molecule has 1 saturated heterocycles. The minimum atomic E-state index is -0.974. The summed E-state index contributed by atoms with van der Waals surface area (Å²) in [6.45, 7) is 3.38. The second-order valence-electron chi connectivity index (χ2n) is 5.60. The van der Waals surface area contributed by atoms with Crippen LogP contribution in [0.15, 0.2) is 5.18 Å². The lowest BCUT2D eigenvalue weighted by atomic mass is 10.2. The summed E-state index contributed by atoms with van der Waals surface area (Å²) in [5.41, 5.74) is 0. The SMILES string of the molecule is CC1CN(CC(=O)N=O)CCN(CC(=O)O)CCN1CC(=O)O. The van der Waals surface area contributed by atoms with E-state index in [0.717, 1.165) is 0 Å². The highest BCUT2D eigenvalue weighted by atomic mass is 16.4. The standard InChI is InChI=1S/C13H22N4O6/c1-10-6-16(7-11(18)14-23)3-2-15(8-12(19)20)4-5-17(10)9-13(21)22/h10H,2-9H2,1H3,(H,19,20)(H,21,22). The number of hydrogen-bond donors (Lipinski definition) is 2. The zero-order chi connectivity index (χ0) is 17.4. The van der Waals surface area contributed by atoms with Gasteiger partial charge in [-0.25, -0.2) is 0 Å². The number of nitrogens with zero attached hydrogens (tertiary/aromatic N) is 4. The molecule has 23 heavy (non-hydrogen) atoms. The summed E-state index contributed by atoms with van der Waals surface area (Å²) in [6, 6.07) is -0.157. The number of carbonyl (C=O) groups excluding carboxylic acids is 1. The van der Waals surface area contributed by atoms with E-state index in [4.69, 9.17) is 10.2 Å². The number of carboxylic acid groups (broad SMARTS) is 2. The maximum atomic E-state index is 11.3. The fourth-order valence-corrected chi connectivity index (χ4v) is 2.59. The predicted molar refractivity (Wildman–Crippen MR) is 80.0 cm³/mol. The third kappa shape index (κ3) is 7.26. The number of carboxylic acids is 2. The van der Waals surface area contributed by atoms with Crippen LogP contribution in [0.2, 0.25) is 0 Å². The first kappa shape index (κ1) is 19.1. The van der Waals surface area contributed by atoms with Gasteiger partial charge in [0.05, 0.1) is 19.6 Å². The van der Waals surface area contributed by atoms with E-state index in [1.807, 2.05) is 6.92 Å². The average molecular weight is 330 g/mol. The molecule has 130 valence electrons. The summed E-state index contributed by atoms with van der Waals surface area (Å²) in [6.07, 6.45) is 0. The van der Waals surface area contributed by atoms with Gasteiger partial charge in [-0.1, -0.05) is 0 Å². The molecule has 1 rings (SSSR count). The van der Waals surface area contributed by atoms with Crippen LogP contribution in [-0.2, 0) is 14.4 Å². The van der Waals surface area contributed by atoms with Gasteiger partial charge in [0, 0.05) is 43.9 Å². The number of amides is 1. The van der Waals surface area contributed by atoms with E-state index in [9.17, 15) is 19.3 Å². The van der Waals surface area contributed by atoms with Crippen molar-refractivity contribution in [2.24, 2.45) is 5.18 Å². The van der Waals surface area contributed by atoms with Crippen LogP contribution in [0.4, 0.5) is 0 Å². The summed E-state index contributed by atoms with van der Waals surface area (Å²) in [5, 5.41) is 20.3. The van der Waals surface area contributed by atoms with E-state index < -0.39 is 17.8 Å². The molecule has 2 N–H and O–H groups in total. The maximum Gasteiger partial charge on any atom is 0.317 e. The molecule has 0 spiro atoms. The molecule has 0 aromatic rings. The highest BCUT2D eigenvalue weighted by Gasteiger charge is 2.25. The molecule has 1 amide bonds. The Morgan fingerprint density at radius 3 is 2.09 bits per heavy atom. The molecule has 10 nitrogen and oxygen atoms in total. The molecule has 1 aliphatic heterocycles. The van der Waals surface area contributed by atoms with Crippen molar-refractivity contribution in [3.63, 3.8) is 0 Å². The fourth-order valence-electron chi connectivity index (χ4n) is 2.59. The smallest absolute Gasteiger partial charge is 0.317 e. The molecule has 1 atom stereocenters. The molecular formula is C13H22N4O6. The molecule has 1 unspecified atom stereocenters. The molecule has 0 aromatic carbocycles. The molecular weight excluding hydrogens is 308 g/mol. The van der Waals surface area contributed by atoms with Crippen molar-refractivity contribution < 1.29 is 24.6 Å². The number of hydrogen-bond acceptors (Lipinski definition) is 7. The third-order valence-electron chi connectivity index (χ3n) is 3.74. The van der Waals surface area contributed by atoms with Crippen LogP contribution in [0.3, 0.4) is 0 Å². The van der Waals surface area contributed by atoms with Crippen LogP contribution in [0, 0.1) is 4.91 Å². The van der Waals surface area contributed by atoms with E-state index in [2.05, 4.69) is 5.18 Å². The molecule has 10 heteroatoms. The molecule has 0 aliphatic carbocycles. The van der Waals surface area contributed by atoms with Crippen molar-refractivity contribution in [1.82, 2.24) is 14.7 Å². The van der Waals surface area contributed by atoms with Crippen LogP contribution < -0.4 is 0 Å². The van der Waals surface area contributed by atoms with Crippen molar-refractivity contribution in [2.45, 2.75) is 13.0 Å². The van der Waals surface area contributed by atoms with Crippen molar-refractivity contribution in [3.8, 4) is 0 Å². The Hall–Kier alpha value is -1.91. The molecule has 1 fully saturated rings. The summed E-state index contributed by atoms with van der Waals surface area (Å²) in [4.78, 5) is 48.5. The largest absolute Gasteiger partial charge is 0.480 e. The molecule has 0 radical (unpaired) electrons. The maximum absolute atomic E-state index is 11.3. The average Bonchev–Trinajstić information content (AvgIpc) is 2.51. The van der Waals surface area contributed by atoms with Gasteiger partial charge >= 0.3 is 11.9 Å². The molecule has 0 saturated carbocycles. The summed E-state index contributed by atoms with van der Waals surface area (Å²) in [7, 11) is 0. The Morgan fingerprint density at radius 2 is 1.52 bits per heavy atom. The molecule has 0 bridgehead atoms. The molecule has 1 aliphatic rings. The Balaban J connectivity index is 2.84. The van der Waals surface area contributed by atoms with E-state index in [0.29, 0.717) is 32.7 Å². The first-order valence-electron chi connectivity index (χ1n) is 7.30. The summed E-state index contributed by atoms with van der Waals surface area (Å²) >= 11 is 0. The minimum absolute atomic E-state index is 0.157. The Bertz CT molecular complexity index is 458. The number of aliphatic carboxylic acids is 2. The zero-order valence-corrected chi connectivity index (χ0v) is 13.1. The first-order chi connectivity index (χ1) is 10.8. The second-order valence-corrected chi connectivity index (χ2v) is 5.60. The molecule has 0 aromatic heterocycles. The third-order valence-corrected chi connectivity index (χ3v) is 3.74. The highest BCUT2D eigenvalue weighted by Crippen LogP contribution is 2.07. The van der Waals surface area contributed by atoms with E-state index >= 15 is 0 Å². The van der Waals surface area contributed by atoms with Gasteiger partial charge in [0.1, 0.15) is 0 Å². The predicted octanol–water partition coefficient (Wildman–Crippen LogP) is -1.24. The van der Waals surface area contributed by atoms with Gasteiger partial charge in [0.15, 0.2) is 0 Å². The Labute approximate surface area is 133 Å². The van der Waals surface area contributed by atoms with Gasteiger partial charge in [0.25, 0.3) is 5.91 Å². The van der Waals surface area contributed by atoms with Gasteiger partial charge in [0.2, 0.25) is 0 Å². The number of nitroso groups, excluding NO2 is 1. The van der Waals surface area contributed by atoms with E-state index in [1.54, 1.807) is 14.7 Å². The van der Waals surface area contributed by atoms with Crippen LogP contribution in [-0.4, -0.2) is 101 Å². The highest BCUT2D eigenvalue weighted by molar-refractivity contribution is 5.78. The van der Waals surface area contributed by atoms with Crippen molar-refractivity contribution in [2.75, 3.05) is 52.4 Å². The van der Waals surface area contributed by atoms with Crippen molar-refractivity contribution in [1.29, 1.82) is 0 Å². The Kier molecular flexibility index (Phi) is 7.72. The zero-order valence-electron chi connectivity index (χ0n) is 13.1.